The van der Waals surface area contributed by atoms with Crippen LogP contribution in [0.1, 0.15) is 18.1 Å². The van der Waals surface area contributed by atoms with E-state index in [4.69, 9.17) is 5.11 Å². The number of carboxylic acid groups (broad SMARTS) is 1. The topological polar surface area (TPSA) is 53.4 Å². The molecular formula is C17H19FN2O2. The number of carboxylic acids is 1. The quantitative estimate of drug-likeness (QED) is 0.890. The number of pyridine rings is 1. The number of carbonyl (C=O) groups is 1. The summed E-state index contributed by atoms with van der Waals surface area (Å²) in [5.41, 5.74) is 1.53. The summed E-state index contributed by atoms with van der Waals surface area (Å²) in [6.07, 6.45) is 1.72. The van der Waals surface area contributed by atoms with E-state index in [9.17, 15) is 9.18 Å². The number of aromatic nitrogens is 1. The van der Waals surface area contributed by atoms with Crippen LogP contribution in [0.15, 0.2) is 42.6 Å². The van der Waals surface area contributed by atoms with Gasteiger partial charge in [-0.3, -0.25) is 4.79 Å². The van der Waals surface area contributed by atoms with Gasteiger partial charge in [0.05, 0.1) is 5.92 Å². The third-order valence-corrected chi connectivity index (χ3v) is 3.45. The first-order valence-electron chi connectivity index (χ1n) is 7.11. The molecule has 2 rings (SSSR count). The van der Waals surface area contributed by atoms with Crippen molar-refractivity contribution in [1.29, 1.82) is 0 Å². The maximum atomic E-state index is 13.9. The van der Waals surface area contributed by atoms with Crippen molar-refractivity contribution in [3.8, 4) is 0 Å². The van der Waals surface area contributed by atoms with Gasteiger partial charge in [-0.05, 0) is 24.6 Å². The van der Waals surface area contributed by atoms with Crippen LogP contribution in [0.5, 0.6) is 0 Å². The Morgan fingerprint density at radius 2 is 2.05 bits per heavy atom. The molecule has 0 aliphatic heterocycles. The van der Waals surface area contributed by atoms with Gasteiger partial charge in [0, 0.05) is 24.8 Å². The molecule has 1 N–H and O–H groups in total. The maximum Gasteiger partial charge on any atom is 0.308 e. The summed E-state index contributed by atoms with van der Waals surface area (Å²) in [4.78, 5) is 17.2. The summed E-state index contributed by atoms with van der Waals surface area (Å²) < 4.78 is 13.9. The van der Waals surface area contributed by atoms with Crippen molar-refractivity contribution in [2.75, 3.05) is 11.4 Å². The number of halogens is 1. The number of benzene rings is 1. The highest BCUT2D eigenvalue weighted by Gasteiger charge is 2.18. The Morgan fingerprint density at radius 3 is 2.64 bits per heavy atom. The number of aryl methyl sites for hydroxylation is 1. The van der Waals surface area contributed by atoms with Gasteiger partial charge >= 0.3 is 5.97 Å². The molecule has 1 atom stereocenters. The third kappa shape index (κ3) is 4.04. The fourth-order valence-electron chi connectivity index (χ4n) is 2.13. The lowest BCUT2D eigenvalue weighted by atomic mass is 10.1. The van der Waals surface area contributed by atoms with Crippen LogP contribution in [-0.4, -0.2) is 22.6 Å². The zero-order chi connectivity index (χ0) is 16.1. The SMILES string of the molecule is Cc1ccc(N(Cc2ccccc2F)CC(C)C(=O)O)nc1. The van der Waals surface area contributed by atoms with Crippen LogP contribution in [0.4, 0.5) is 10.2 Å². The molecule has 4 nitrogen and oxygen atoms in total. The molecule has 2 aromatic rings. The monoisotopic (exact) mass is 302 g/mol. The van der Waals surface area contributed by atoms with Crippen molar-refractivity contribution in [1.82, 2.24) is 4.98 Å². The summed E-state index contributed by atoms with van der Waals surface area (Å²) in [5, 5.41) is 9.12. The van der Waals surface area contributed by atoms with E-state index < -0.39 is 11.9 Å². The first-order valence-corrected chi connectivity index (χ1v) is 7.11. The fourth-order valence-corrected chi connectivity index (χ4v) is 2.13. The van der Waals surface area contributed by atoms with E-state index in [2.05, 4.69) is 4.98 Å². The summed E-state index contributed by atoms with van der Waals surface area (Å²) in [5.74, 6) is -1.12. The molecule has 0 radical (unpaired) electrons. The van der Waals surface area contributed by atoms with E-state index in [1.54, 1.807) is 36.2 Å². The van der Waals surface area contributed by atoms with Crippen LogP contribution in [0.25, 0.3) is 0 Å². The van der Waals surface area contributed by atoms with E-state index in [0.717, 1.165) is 5.56 Å². The molecule has 0 saturated heterocycles. The van der Waals surface area contributed by atoms with Crippen molar-refractivity contribution >= 4 is 11.8 Å². The van der Waals surface area contributed by atoms with Gasteiger partial charge in [-0.25, -0.2) is 9.37 Å². The highest BCUT2D eigenvalue weighted by molar-refractivity contribution is 5.70. The number of hydrogen-bond acceptors (Lipinski definition) is 3. The standard InChI is InChI=1S/C17H19FN2O2/c1-12-7-8-16(19-9-12)20(10-13(2)17(21)22)11-14-5-3-4-6-15(14)18/h3-9,13H,10-11H2,1-2H3,(H,21,22). The number of aliphatic carboxylic acids is 1. The van der Waals surface area contributed by atoms with E-state index in [0.29, 0.717) is 11.4 Å². The van der Waals surface area contributed by atoms with Crippen molar-refractivity contribution in [3.05, 3.63) is 59.5 Å². The first-order chi connectivity index (χ1) is 10.5. The zero-order valence-electron chi connectivity index (χ0n) is 12.7. The molecule has 0 aliphatic carbocycles. The van der Waals surface area contributed by atoms with Crippen LogP contribution in [-0.2, 0) is 11.3 Å². The van der Waals surface area contributed by atoms with Gasteiger partial charge in [-0.1, -0.05) is 31.2 Å². The second kappa shape index (κ2) is 7.02. The van der Waals surface area contributed by atoms with Crippen LogP contribution in [0.3, 0.4) is 0 Å². The molecule has 22 heavy (non-hydrogen) atoms. The second-order valence-electron chi connectivity index (χ2n) is 5.40. The summed E-state index contributed by atoms with van der Waals surface area (Å²) in [6.45, 7) is 4.10. The average Bonchev–Trinajstić information content (AvgIpc) is 2.49. The highest BCUT2D eigenvalue weighted by atomic mass is 19.1. The molecule has 0 aliphatic rings. The largest absolute Gasteiger partial charge is 0.481 e. The second-order valence-corrected chi connectivity index (χ2v) is 5.40. The van der Waals surface area contributed by atoms with E-state index in [-0.39, 0.29) is 18.9 Å². The summed E-state index contributed by atoms with van der Waals surface area (Å²) in [7, 11) is 0. The van der Waals surface area contributed by atoms with E-state index in [1.165, 1.54) is 6.07 Å². The maximum absolute atomic E-state index is 13.9. The Kier molecular flexibility index (Phi) is 5.09. The Balaban J connectivity index is 2.27. The number of anilines is 1. The van der Waals surface area contributed by atoms with Crippen LogP contribution < -0.4 is 4.90 Å². The summed E-state index contributed by atoms with van der Waals surface area (Å²) in [6, 6.07) is 10.2. The highest BCUT2D eigenvalue weighted by Crippen LogP contribution is 2.18. The Bertz CT molecular complexity index is 643. The molecule has 0 spiro atoms. The Labute approximate surface area is 129 Å². The lowest BCUT2D eigenvalue weighted by molar-refractivity contribution is -0.140. The number of hydrogen-bond donors (Lipinski definition) is 1. The van der Waals surface area contributed by atoms with Crippen LogP contribution in [0.2, 0.25) is 0 Å². The lowest BCUT2D eigenvalue weighted by Gasteiger charge is -2.26. The van der Waals surface area contributed by atoms with Gasteiger partial charge < -0.3 is 10.0 Å². The molecule has 1 heterocycles. The van der Waals surface area contributed by atoms with Gasteiger partial charge in [-0.15, -0.1) is 0 Å². The Morgan fingerprint density at radius 1 is 1.32 bits per heavy atom. The van der Waals surface area contributed by atoms with Crippen molar-refractivity contribution in [2.24, 2.45) is 5.92 Å². The molecule has 0 fully saturated rings. The minimum Gasteiger partial charge on any atom is -0.481 e. The smallest absolute Gasteiger partial charge is 0.308 e. The first kappa shape index (κ1) is 15.9. The fraction of sp³-hybridized carbons (Fsp3) is 0.294. The number of rotatable bonds is 6. The Hall–Kier alpha value is -2.43. The normalized spacial score (nSPS) is 12.0. The molecule has 1 aromatic heterocycles. The molecule has 116 valence electrons. The molecule has 0 amide bonds. The van der Waals surface area contributed by atoms with Gasteiger partial charge in [0.1, 0.15) is 11.6 Å². The summed E-state index contributed by atoms with van der Waals surface area (Å²) >= 11 is 0. The van der Waals surface area contributed by atoms with E-state index in [1.807, 2.05) is 19.1 Å². The number of nitrogens with zero attached hydrogens (tertiary/aromatic N) is 2. The molecule has 0 saturated carbocycles. The van der Waals surface area contributed by atoms with Crippen LogP contribution >= 0.6 is 0 Å². The van der Waals surface area contributed by atoms with Crippen molar-refractivity contribution < 1.29 is 14.3 Å². The van der Waals surface area contributed by atoms with Crippen LogP contribution in [0, 0.1) is 18.7 Å². The van der Waals surface area contributed by atoms with Crippen molar-refractivity contribution in [3.63, 3.8) is 0 Å². The van der Waals surface area contributed by atoms with Gasteiger partial charge in [0.25, 0.3) is 0 Å². The average molecular weight is 302 g/mol. The van der Waals surface area contributed by atoms with Gasteiger partial charge in [0.15, 0.2) is 0 Å². The van der Waals surface area contributed by atoms with Gasteiger partial charge in [-0.2, -0.15) is 0 Å². The predicted molar refractivity (Wildman–Crippen MR) is 83.2 cm³/mol. The minimum absolute atomic E-state index is 0.264. The third-order valence-electron chi connectivity index (χ3n) is 3.45. The molecule has 1 unspecified atom stereocenters. The molecule has 5 heteroatoms. The molecular weight excluding hydrogens is 283 g/mol. The zero-order valence-corrected chi connectivity index (χ0v) is 12.7. The lowest BCUT2D eigenvalue weighted by Crippen LogP contribution is -2.32. The van der Waals surface area contributed by atoms with E-state index >= 15 is 0 Å². The van der Waals surface area contributed by atoms with Gasteiger partial charge in [0.2, 0.25) is 0 Å². The molecule has 1 aromatic carbocycles. The van der Waals surface area contributed by atoms with Crippen molar-refractivity contribution in [2.45, 2.75) is 20.4 Å². The molecule has 0 bridgehead atoms. The predicted octanol–water partition coefficient (Wildman–Crippen LogP) is 3.26. The minimum atomic E-state index is -0.884.